The van der Waals surface area contributed by atoms with Gasteiger partial charge in [0.1, 0.15) is 71.2 Å². The van der Waals surface area contributed by atoms with Gasteiger partial charge in [-0.25, -0.2) is 9.59 Å². The second-order valence-corrected chi connectivity index (χ2v) is 23.0. The summed E-state index contributed by atoms with van der Waals surface area (Å²) in [6.45, 7) is 1.68. The minimum Gasteiger partial charge on any atom is -0.457 e. The molecule has 0 radical (unpaired) electrons. The van der Waals surface area contributed by atoms with Gasteiger partial charge < -0.3 is 124 Å². The minimum atomic E-state index is -1.38. The van der Waals surface area contributed by atoms with Crippen LogP contribution in [0, 0.1) is 0 Å². The topological polar surface area (TPSA) is 587 Å². The van der Waals surface area contributed by atoms with Gasteiger partial charge in [0.15, 0.2) is 11.9 Å². The lowest BCUT2D eigenvalue weighted by Crippen LogP contribution is -2.63. The van der Waals surface area contributed by atoms with Crippen LogP contribution in [-0.4, -0.2) is 183 Å². The fourth-order valence-electron chi connectivity index (χ4n) is 9.57. The molecule has 3 unspecified atom stereocenters. The van der Waals surface area contributed by atoms with Gasteiger partial charge in [-0.05, 0) is 98.5 Å². The Bertz CT molecular complexity index is 3810. The summed E-state index contributed by atoms with van der Waals surface area (Å²) in [6, 6.07) is 16.3. The van der Waals surface area contributed by atoms with Crippen LogP contribution in [0.1, 0.15) is 26.7 Å². The lowest BCUT2D eigenvalue weighted by atomic mass is 10.0. The second-order valence-electron chi connectivity index (χ2n) is 22.6. The number of benzene rings is 4. The molecule has 4 heterocycles. The van der Waals surface area contributed by atoms with Crippen LogP contribution in [0.3, 0.4) is 0 Å². The molecule has 37 nitrogen and oxygen atoms in total. The highest BCUT2D eigenvalue weighted by Gasteiger charge is 2.37. The van der Waals surface area contributed by atoms with Crippen molar-refractivity contribution >= 4 is 106 Å². The molecule has 4 aliphatic heterocycles. The minimum absolute atomic E-state index is 0.0269. The van der Waals surface area contributed by atoms with E-state index in [0.717, 1.165) is 23.5 Å². The summed E-state index contributed by atoms with van der Waals surface area (Å²) in [5.41, 5.74) is 36.6. The number of ether oxygens (including phenoxy) is 1. The van der Waals surface area contributed by atoms with E-state index in [-0.39, 0.29) is 50.9 Å². The summed E-state index contributed by atoms with van der Waals surface area (Å²) < 4.78 is 5.75. The number of halogens is 1. The normalized spacial score (nSPS) is 24.7. The van der Waals surface area contributed by atoms with E-state index < -0.39 is 156 Å². The third-order valence-electron chi connectivity index (χ3n) is 15.1. The number of amides is 14. The zero-order valence-corrected chi connectivity index (χ0v) is 54.7. The van der Waals surface area contributed by atoms with Crippen LogP contribution in [0.2, 0.25) is 5.02 Å². The standard InChI is InChI=1S/C31H39ClN12O7.C31H40N12O6/c1-15-25(45)41-22(12-33)27(47)42-23(14-38-31(50)40-17-4-8-19(9-5-17)51-18-6-2-16(32)3-7-18)28(48)44-24(21-10-11-36-30(35)43-21)29(49)37-13-20(34)26(46)39-15;1-16-25(44)40-22(13-32)27(46)41-23(15-37-31(49)39-19-9-5-8-18(12-19)17-6-3-2-4-7-17)28(47)43-24(21-10-11-35-30(34)42-21)29(48)36-14-20(33)26(45)38-16/h2-9,14-15,20-22,24H,10-13,33-34H2,1H3,(H,37,49)(H,39,46)(H,41,45)(H,42,47)(H,44,48)(H3,35,36,43)(H2,38,40,50);2-9,12,15-16,20-22,24H,10-11,13-14,32-33H2,1H3,(H,36,48)(H,38,45)(H,40,44)(H,41,46)(H,43,47)(H3,34,35,42)(H2,37,39,49)/b23-14-;23-15-/t15-,20?,21?,22-,24-;16-,20-,21?,22-,24-/m00/s1. The van der Waals surface area contributed by atoms with E-state index in [2.05, 4.69) is 95.1 Å². The number of hydrogen-bond acceptors (Lipinski definition) is 23. The molecule has 4 aromatic carbocycles. The molecule has 0 aromatic heterocycles. The first kappa shape index (κ1) is 75.5. The summed E-state index contributed by atoms with van der Waals surface area (Å²) in [4.78, 5) is 165. The molecule has 38 heteroatoms. The maximum Gasteiger partial charge on any atom is 0.323 e. The van der Waals surface area contributed by atoms with Crippen molar-refractivity contribution in [2.45, 2.75) is 87.1 Å². The predicted molar refractivity (Wildman–Crippen MR) is 366 cm³/mol. The fourth-order valence-corrected chi connectivity index (χ4v) is 9.70. The Morgan fingerprint density at radius 1 is 0.510 bits per heavy atom. The van der Waals surface area contributed by atoms with Gasteiger partial charge in [0.25, 0.3) is 11.8 Å². The number of guanidine groups is 2. The highest BCUT2D eigenvalue weighted by Crippen LogP contribution is 2.25. The molecule has 28 N–H and O–H groups in total. The summed E-state index contributed by atoms with van der Waals surface area (Å²) >= 11 is 5.91. The van der Waals surface area contributed by atoms with Crippen molar-refractivity contribution in [2.24, 2.45) is 44.4 Å². The Balaban J connectivity index is 0.000000281. The Kier molecular flexibility index (Phi) is 27.5. The van der Waals surface area contributed by atoms with Gasteiger partial charge in [0, 0.05) is 68.1 Å². The van der Waals surface area contributed by atoms with Gasteiger partial charge >= 0.3 is 12.1 Å². The van der Waals surface area contributed by atoms with E-state index in [0.29, 0.717) is 27.9 Å². The van der Waals surface area contributed by atoms with Crippen molar-refractivity contribution < 1.29 is 62.3 Å². The number of carbonyl (C=O) groups excluding carboxylic acids is 12. The second kappa shape index (κ2) is 36.4. The number of carbonyl (C=O) groups is 12. The molecule has 4 aliphatic rings. The van der Waals surface area contributed by atoms with E-state index in [4.69, 9.17) is 50.7 Å². The third kappa shape index (κ3) is 22.6. The SMILES string of the molecule is C[C@@H]1NC(=O)C(N)CNC(=O)[C@H](C2CCN=C(N)N2)NC(=O)/C(=C/NC(=O)Nc2ccc(Oc3ccc(Cl)cc3)cc2)NC(=O)[C@H](CN)NC1=O.C[C@@H]1NC(=O)[C@@H](N)CNC(=O)[C@H](C2CCN=C(N)N2)NC(=O)/C(=C/NC(=O)Nc2cccc(-c3ccccc3)c2)NC(=O)[C@H](CN)NC1=O. The molecule has 2 saturated heterocycles. The predicted octanol–water partition coefficient (Wildman–Crippen LogP) is -5.22. The summed E-state index contributed by atoms with van der Waals surface area (Å²) in [6.07, 6.45) is 2.37. The molecule has 0 aliphatic carbocycles. The van der Waals surface area contributed by atoms with Crippen LogP contribution in [0.5, 0.6) is 11.5 Å². The van der Waals surface area contributed by atoms with Crippen molar-refractivity contribution in [1.82, 2.24) is 74.4 Å². The van der Waals surface area contributed by atoms with Crippen LogP contribution in [0.15, 0.2) is 137 Å². The van der Waals surface area contributed by atoms with E-state index in [1.807, 2.05) is 36.4 Å². The first-order chi connectivity index (χ1) is 47.8. The number of rotatable bonds is 11. The lowest BCUT2D eigenvalue weighted by Gasteiger charge is -2.31. The molecule has 532 valence electrons. The average molecular weight is 1400 g/mol. The van der Waals surface area contributed by atoms with E-state index in [1.54, 1.807) is 66.7 Å². The molecule has 8 rings (SSSR count). The first-order valence-corrected chi connectivity index (χ1v) is 31.4. The van der Waals surface area contributed by atoms with Crippen molar-refractivity contribution in [3.63, 3.8) is 0 Å². The van der Waals surface area contributed by atoms with Crippen molar-refractivity contribution in [3.8, 4) is 22.6 Å². The first-order valence-electron chi connectivity index (χ1n) is 31.1. The molecule has 0 bridgehead atoms. The molecule has 2 fully saturated rings. The Labute approximate surface area is 576 Å². The molecule has 14 amide bonds. The number of anilines is 2. The quantitative estimate of drug-likeness (QED) is 0.0624. The number of nitrogens with two attached hydrogens (primary N) is 6. The summed E-state index contributed by atoms with van der Waals surface area (Å²) in [5.74, 6) is -7.33. The molecule has 0 saturated carbocycles. The highest BCUT2D eigenvalue weighted by molar-refractivity contribution is 6.30. The van der Waals surface area contributed by atoms with Gasteiger partial charge in [-0.2, -0.15) is 0 Å². The maximum absolute atomic E-state index is 13.7. The van der Waals surface area contributed by atoms with Crippen molar-refractivity contribution in [2.75, 3.05) is 49.9 Å². The molecule has 10 atom stereocenters. The van der Waals surface area contributed by atoms with Crippen LogP contribution in [-0.2, 0) is 47.9 Å². The Hall–Kier alpha value is -11.9. The fraction of sp³-hybridized carbons (Fsp3) is 0.323. The molecule has 0 spiro atoms. The zero-order valence-electron chi connectivity index (χ0n) is 53.9. The average Bonchev–Trinajstić information content (AvgIpc) is 0.848. The molecule has 100 heavy (non-hydrogen) atoms. The van der Waals surface area contributed by atoms with Crippen LogP contribution in [0.4, 0.5) is 21.0 Å². The molecule has 4 aromatic rings. The van der Waals surface area contributed by atoms with Crippen molar-refractivity contribution in [1.29, 1.82) is 0 Å². The van der Waals surface area contributed by atoms with E-state index in [1.165, 1.54) is 13.8 Å². The summed E-state index contributed by atoms with van der Waals surface area (Å²) in [7, 11) is 0. The third-order valence-corrected chi connectivity index (χ3v) is 15.3. The van der Waals surface area contributed by atoms with Crippen molar-refractivity contribution in [3.05, 3.63) is 132 Å². The highest BCUT2D eigenvalue weighted by atomic mass is 35.5. The van der Waals surface area contributed by atoms with E-state index in [9.17, 15) is 57.5 Å². The Morgan fingerprint density at radius 3 is 1.38 bits per heavy atom. The van der Waals surface area contributed by atoms with E-state index >= 15 is 0 Å². The monoisotopic (exact) mass is 1400 g/mol. The zero-order chi connectivity index (χ0) is 72.6. The number of urea groups is 2. The smallest absolute Gasteiger partial charge is 0.323 e. The van der Waals surface area contributed by atoms with Crippen LogP contribution in [0.25, 0.3) is 11.1 Å². The van der Waals surface area contributed by atoms with Crippen LogP contribution < -0.4 is 124 Å². The number of nitrogens with one attached hydrogen (secondary N) is 16. The number of hydrogen-bond donors (Lipinski definition) is 22. The van der Waals surface area contributed by atoms with Gasteiger partial charge in [-0.15, -0.1) is 0 Å². The van der Waals surface area contributed by atoms with Gasteiger partial charge in [0.2, 0.25) is 47.3 Å². The Morgan fingerprint density at radius 2 is 0.940 bits per heavy atom. The van der Waals surface area contributed by atoms with Gasteiger partial charge in [-0.1, -0.05) is 54.1 Å². The summed E-state index contributed by atoms with van der Waals surface area (Å²) in [5, 5.41) is 40.7. The molecular weight excluding hydrogens is 1320 g/mol. The maximum atomic E-state index is 13.7. The molecular formula is C62H79ClN24O13. The van der Waals surface area contributed by atoms with Gasteiger partial charge in [-0.3, -0.25) is 57.9 Å². The number of aliphatic imine (C=N–C) groups is 2. The lowest BCUT2D eigenvalue weighted by molar-refractivity contribution is -0.133. The largest absolute Gasteiger partial charge is 0.457 e. The van der Waals surface area contributed by atoms with Gasteiger partial charge in [0.05, 0.1) is 12.1 Å². The number of nitrogens with zero attached hydrogens (tertiary/aromatic N) is 2. The van der Waals surface area contributed by atoms with Crippen LogP contribution >= 0.6 is 11.6 Å².